The third-order valence-corrected chi connectivity index (χ3v) is 8.03. The number of unbranched alkanes of at least 4 members (excludes halogenated alkanes) is 8. The van der Waals surface area contributed by atoms with Crippen LogP contribution in [0.3, 0.4) is 0 Å². The molecule has 208 valence electrons. The summed E-state index contributed by atoms with van der Waals surface area (Å²) in [7, 11) is 0. The van der Waals surface area contributed by atoms with Crippen LogP contribution in [0.5, 0.6) is 11.5 Å². The largest absolute Gasteiger partial charge is 0.427 e. The first kappa shape index (κ1) is 29.9. The molecule has 1 aliphatic rings. The average molecular weight is 521 g/mol. The maximum Gasteiger partial charge on any atom is 0.311 e. The Balaban J connectivity index is 1.67. The predicted molar refractivity (Wildman–Crippen MR) is 155 cm³/mol. The molecule has 2 aromatic carbocycles. The topological polar surface area (TPSA) is 52.6 Å². The summed E-state index contributed by atoms with van der Waals surface area (Å²) in [6.07, 6.45) is 13.0. The number of hydrogen-bond donors (Lipinski definition) is 0. The number of hydrogen-bond acceptors (Lipinski definition) is 4. The van der Waals surface area contributed by atoms with Gasteiger partial charge in [0, 0.05) is 18.3 Å². The second-order valence-electron chi connectivity index (χ2n) is 11.9. The Labute approximate surface area is 230 Å². The molecule has 0 aromatic heterocycles. The van der Waals surface area contributed by atoms with Gasteiger partial charge in [-0.3, -0.25) is 9.59 Å². The van der Waals surface area contributed by atoms with E-state index < -0.39 is 0 Å². The number of fused-ring (bicyclic) bond motifs is 1. The highest BCUT2D eigenvalue weighted by Crippen LogP contribution is 2.53. The standard InChI is InChI=1S/C34H48O4/c1-6-8-10-12-14-16-31(35)37-27-20-18-26(19-21-27)34(5)25-33(3,4)29-23-22-28(24-30(29)34)38-32(36)17-15-13-11-9-7-2/h18-24H,6-17,25H2,1-5H3. The minimum atomic E-state index is -0.233. The van der Waals surface area contributed by atoms with Gasteiger partial charge in [0.25, 0.3) is 0 Å². The second-order valence-corrected chi connectivity index (χ2v) is 11.9. The monoisotopic (exact) mass is 520 g/mol. The van der Waals surface area contributed by atoms with Crippen molar-refractivity contribution in [3.8, 4) is 11.5 Å². The van der Waals surface area contributed by atoms with Crippen molar-refractivity contribution in [3.05, 3.63) is 59.2 Å². The Morgan fingerprint density at radius 3 is 1.71 bits per heavy atom. The van der Waals surface area contributed by atoms with E-state index in [9.17, 15) is 9.59 Å². The molecule has 0 spiro atoms. The first-order valence-corrected chi connectivity index (χ1v) is 14.9. The third kappa shape index (κ3) is 7.94. The van der Waals surface area contributed by atoms with Gasteiger partial charge in [-0.25, -0.2) is 0 Å². The number of rotatable bonds is 15. The zero-order valence-corrected chi connectivity index (χ0v) is 24.4. The van der Waals surface area contributed by atoms with Crippen LogP contribution in [-0.2, 0) is 20.4 Å². The Kier molecular flexibility index (Phi) is 11.0. The van der Waals surface area contributed by atoms with Gasteiger partial charge in [-0.1, -0.05) is 104 Å². The van der Waals surface area contributed by atoms with E-state index in [2.05, 4.69) is 58.9 Å². The summed E-state index contributed by atoms with van der Waals surface area (Å²) in [6, 6.07) is 14.1. The molecule has 0 heterocycles. The second kappa shape index (κ2) is 14.0. The molecular weight excluding hydrogens is 472 g/mol. The fourth-order valence-electron chi connectivity index (χ4n) is 5.97. The lowest BCUT2D eigenvalue weighted by Gasteiger charge is -2.28. The van der Waals surface area contributed by atoms with E-state index in [1.54, 1.807) is 0 Å². The Hall–Kier alpha value is -2.62. The lowest BCUT2D eigenvalue weighted by Crippen LogP contribution is -2.23. The predicted octanol–water partition coefficient (Wildman–Crippen LogP) is 9.21. The molecule has 1 aliphatic carbocycles. The highest BCUT2D eigenvalue weighted by Gasteiger charge is 2.46. The zero-order chi connectivity index (χ0) is 27.6. The van der Waals surface area contributed by atoms with Gasteiger partial charge in [0.15, 0.2) is 0 Å². The van der Waals surface area contributed by atoms with Gasteiger partial charge in [0.1, 0.15) is 11.5 Å². The molecular formula is C34H48O4. The van der Waals surface area contributed by atoms with E-state index in [-0.39, 0.29) is 22.8 Å². The smallest absolute Gasteiger partial charge is 0.311 e. The summed E-state index contributed by atoms with van der Waals surface area (Å²) in [5.41, 5.74) is 3.42. The zero-order valence-electron chi connectivity index (χ0n) is 24.4. The summed E-state index contributed by atoms with van der Waals surface area (Å²) in [4.78, 5) is 24.8. The van der Waals surface area contributed by atoms with Crippen molar-refractivity contribution in [2.75, 3.05) is 0 Å². The van der Waals surface area contributed by atoms with Crippen molar-refractivity contribution in [2.24, 2.45) is 0 Å². The Morgan fingerprint density at radius 2 is 1.16 bits per heavy atom. The van der Waals surface area contributed by atoms with Crippen molar-refractivity contribution in [1.82, 2.24) is 0 Å². The van der Waals surface area contributed by atoms with Gasteiger partial charge in [0.2, 0.25) is 0 Å². The lowest BCUT2D eigenvalue weighted by atomic mass is 9.75. The van der Waals surface area contributed by atoms with E-state index >= 15 is 0 Å². The van der Waals surface area contributed by atoms with Crippen molar-refractivity contribution in [3.63, 3.8) is 0 Å². The fourth-order valence-corrected chi connectivity index (χ4v) is 5.97. The summed E-state index contributed by atoms with van der Waals surface area (Å²) in [6.45, 7) is 11.2. The fraction of sp³-hybridized carbons (Fsp3) is 0.588. The number of carbonyl (C=O) groups is 2. The molecule has 4 nitrogen and oxygen atoms in total. The van der Waals surface area contributed by atoms with Crippen LogP contribution in [-0.4, -0.2) is 11.9 Å². The van der Waals surface area contributed by atoms with Gasteiger partial charge in [-0.05, 0) is 65.6 Å². The maximum atomic E-state index is 12.5. The van der Waals surface area contributed by atoms with Crippen LogP contribution in [0, 0.1) is 0 Å². The summed E-state index contributed by atoms with van der Waals surface area (Å²) in [5, 5.41) is 0. The van der Waals surface area contributed by atoms with Gasteiger partial charge >= 0.3 is 11.9 Å². The van der Waals surface area contributed by atoms with Crippen molar-refractivity contribution >= 4 is 11.9 Å². The first-order valence-electron chi connectivity index (χ1n) is 14.9. The summed E-state index contributed by atoms with van der Waals surface area (Å²) in [5.74, 6) is 0.896. The van der Waals surface area contributed by atoms with Crippen molar-refractivity contribution in [1.29, 1.82) is 0 Å². The van der Waals surface area contributed by atoms with E-state index in [0.717, 1.165) is 32.1 Å². The molecule has 2 aromatic rings. The van der Waals surface area contributed by atoms with Gasteiger partial charge in [0.05, 0.1) is 0 Å². The van der Waals surface area contributed by atoms with Crippen LogP contribution in [0.2, 0.25) is 0 Å². The molecule has 0 radical (unpaired) electrons. The number of benzene rings is 2. The number of esters is 2. The summed E-state index contributed by atoms with van der Waals surface area (Å²) < 4.78 is 11.4. The molecule has 0 bridgehead atoms. The molecule has 4 heteroatoms. The van der Waals surface area contributed by atoms with Crippen molar-refractivity contribution < 1.29 is 19.1 Å². The highest BCUT2D eigenvalue weighted by atomic mass is 16.5. The van der Waals surface area contributed by atoms with Gasteiger partial charge in [-0.2, -0.15) is 0 Å². The van der Waals surface area contributed by atoms with Crippen LogP contribution in [0.25, 0.3) is 0 Å². The average Bonchev–Trinajstić information content (AvgIpc) is 3.09. The number of carbonyl (C=O) groups excluding carboxylic acids is 2. The van der Waals surface area contributed by atoms with Crippen LogP contribution in [0.15, 0.2) is 42.5 Å². The van der Waals surface area contributed by atoms with Crippen molar-refractivity contribution in [2.45, 2.75) is 129 Å². The van der Waals surface area contributed by atoms with Crippen LogP contribution >= 0.6 is 0 Å². The molecule has 0 amide bonds. The molecule has 1 atom stereocenters. The first-order chi connectivity index (χ1) is 18.2. The highest BCUT2D eigenvalue weighted by molar-refractivity contribution is 5.73. The minimum Gasteiger partial charge on any atom is -0.427 e. The third-order valence-electron chi connectivity index (χ3n) is 8.03. The van der Waals surface area contributed by atoms with E-state index in [1.807, 2.05) is 18.2 Å². The minimum absolute atomic E-state index is 0.00515. The molecule has 0 fully saturated rings. The Morgan fingerprint density at radius 1 is 0.658 bits per heavy atom. The van der Waals surface area contributed by atoms with Crippen LogP contribution < -0.4 is 9.47 Å². The van der Waals surface area contributed by atoms with Gasteiger partial charge < -0.3 is 9.47 Å². The molecule has 0 N–H and O–H groups in total. The normalized spacial score (nSPS) is 17.7. The quantitative estimate of drug-likeness (QED) is 0.133. The van der Waals surface area contributed by atoms with E-state index in [0.29, 0.717) is 24.3 Å². The summed E-state index contributed by atoms with van der Waals surface area (Å²) >= 11 is 0. The molecule has 0 saturated heterocycles. The molecule has 0 aliphatic heterocycles. The molecule has 0 saturated carbocycles. The molecule has 1 unspecified atom stereocenters. The van der Waals surface area contributed by atoms with Crippen LogP contribution in [0.1, 0.15) is 135 Å². The SMILES string of the molecule is CCCCCCCC(=O)Oc1ccc(C2(C)CC(C)(C)c3ccc(OC(=O)CCCCCCC)cc32)cc1. The lowest BCUT2D eigenvalue weighted by molar-refractivity contribution is -0.135. The molecule has 3 rings (SSSR count). The van der Waals surface area contributed by atoms with Gasteiger partial charge in [-0.15, -0.1) is 0 Å². The number of ether oxygens (including phenoxy) is 2. The Bertz CT molecular complexity index is 1050. The van der Waals surface area contributed by atoms with E-state index in [1.165, 1.54) is 55.2 Å². The molecule has 38 heavy (non-hydrogen) atoms. The van der Waals surface area contributed by atoms with E-state index in [4.69, 9.17) is 9.47 Å². The maximum absolute atomic E-state index is 12.5. The van der Waals surface area contributed by atoms with Crippen LogP contribution in [0.4, 0.5) is 0 Å².